The summed E-state index contributed by atoms with van der Waals surface area (Å²) in [5.74, 6) is -1.66. The predicted octanol–water partition coefficient (Wildman–Crippen LogP) is 3.65. The summed E-state index contributed by atoms with van der Waals surface area (Å²) in [6, 6.07) is 4.96. The molecule has 0 saturated carbocycles. The standard InChI is InChI=1S/C28H28FN7O3/c1-30-21-9-15(29)8-17-22-24(36-6-5-16(12-36)34(2)3)19(11-31-26(22)33-23(17)21)14-7-18-25(37)20(28(38)39)13-35(4)27(18)32-10-14/h7-11,13,16,30H,5-6,12H2,1-4H3,(H,31,33)(H,38,39). The smallest absolute Gasteiger partial charge is 0.341 e. The maximum atomic E-state index is 14.8. The Morgan fingerprint density at radius 2 is 2.00 bits per heavy atom. The van der Waals surface area contributed by atoms with Gasteiger partial charge in [-0.05, 0) is 38.7 Å². The number of carbonyl (C=O) groups is 1. The quantitative estimate of drug-likeness (QED) is 0.316. The molecule has 11 heteroatoms. The molecule has 1 atom stereocenters. The number of aromatic amines is 1. The van der Waals surface area contributed by atoms with Crippen molar-refractivity contribution < 1.29 is 14.3 Å². The molecule has 0 aliphatic carbocycles. The van der Waals surface area contributed by atoms with Crippen molar-refractivity contribution in [2.75, 3.05) is 44.4 Å². The van der Waals surface area contributed by atoms with Gasteiger partial charge in [-0.3, -0.25) is 4.79 Å². The molecule has 1 aromatic carbocycles. The Morgan fingerprint density at radius 3 is 2.69 bits per heavy atom. The normalized spacial score (nSPS) is 15.7. The highest BCUT2D eigenvalue weighted by atomic mass is 19.1. The molecule has 200 valence electrons. The van der Waals surface area contributed by atoms with Crippen LogP contribution in [0.25, 0.3) is 44.1 Å². The molecule has 1 unspecified atom stereocenters. The van der Waals surface area contributed by atoms with Crippen LogP contribution in [0.1, 0.15) is 16.8 Å². The molecule has 0 spiro atoms. The van der Waals surface area contributed by atoms with Crippen molar-refractivity contribution in [2.24, 2.45) is 7.05 Å². The summed E-state index contributed by atoms with van der Waals surface area (Å²) in [5, 5.41) is 14.3. The van der Waals surface area contributed by atoms with Crippen LogP contribution in [0.4, 0.5) is 15.8 Å². The number of nitrogens with zero attached hydrogens (tertiary/aromatic N) is 5. The van der Waals surface area contributed by atoms with Crippen LogP contribution in [-0.2, 0) is 7.05 Å². The first kappa shape index (κ1) is 24.8. The molecule has 1 fully saturated rings. The van der Waals surface area contributed by atoms with Gasteiger partial charge in [0.05, 0.1) is 27.7 Å². The number of hydrogen-bond donors (Lipinski definition) is 3. The van der Waals surface area contributed by atoms with Gasteiger partial charge in [0.2, 0.25) is 5.43 Å². The highest BCUT2D eigenvalue weighted by Crippen LogP contribution is 2.43. The van der Waals surface area contributed by atoms with Gasteiger partial charge in [0.1, 0.15) is 22.7 Å². The molecule has 6 rings (SSSR count). The van der Waals surface area contributed by atoms with E-state index in [-0.39, 0.29) is 16.8 Å². The molecule has 1 aliphatic rings. The number of rotatable bonds is 5. The minimum Gasteiger partial charge on any atom is -0.477 e. The van der Waals surface area contributed by atoms with Crippen LogP contribution in [0.15, 0.2) is 41.6 Å². The van der Waals surface area contributed by atoms with E-state index < -0.39 is 11.4 Å². The lowest BCUT2D eigenvalue weighted by Gasteiger charge is -2.25. The van der Waals surface area contributed by atoms with E-state index >= 15 is 0 Å². The number of nitrogens with one attached hydrogen (secondary N) is 2. The summed E-state index contributed by atoms with van der Waals surface area (Å²) < 4.78 is 16.3. The Morgan fingerprint density at radius 1 is 1.21 bits per heavy atom. The molecule has 0 radical (unpaired) electrons. The van der Waals surface area contributed by atoms with E-state index in [0.717, 1.165) is 41.7 Å². The van der Waals surface area contributed by atoms with Crippen LogP contribution in [0.3, 0.4) is 0 Å². The predicted molar refractivity (Wildman–Crippen MR) is 150 cm³/mol. The molecule has 5 aromatic rings. The van der Waals surface area contributed by atoms with Crippen molar-refractivity contribution in [3.8, 4) is 11.1 Å². The summed E-state index contributed by atoms with van der Waals surface area (Å²) in [4.78, 5) is 41.9. The van der Waals surface area contributed by atoms with E-state index in [2.05, 4.69) is 39.2 Å². The lowest BCUT2D eigenvalue weighted by molar-refractivity contribution is 0.0695. The lowest BCUT2D eigenvalue weighted by Crippen LogP contribution is -2.31. The van der Waals surface area contributed by atoms with Gasteiger partial charge in [0.15, 0.2) is 0 Å². The number of carboxylic acids is 1. The number of aryl methyl sites for hydroxylation is 1. The minimum absolute atomic E-state index is 0.205. The maximum absolute atomic E-state index is 14.8. The van der Waals surface area contributed by atoms with E-state index in [1.165, 1.54) is 22.9 Å². The molecule has 3 N–H and O–H groups in total. The summed E-state index contributed by atoms with van der Waals surface area (Å²) in [6.45, 7) is 1.54. The molecule has 0 bridgehead atoms. The molecule has 5 heterocycles. The second-order valence-corrected chi connectivity index (χ2v) is 10.2. The first-order chi connectivity index (χ1) is 18.7. The summed E-state index contributed by atoms with van der Waals surface area (Å²) in [6.07, 6.45) is 5.64. The van der Waals surface area contributed by atoms with Crippen LogP contribution < -0.4 is 15.6 Å². The Bertz CT molecular complexity index is 1860. The van der Waals surface area contributed by atoms with Gasteiger partial charge in [-0.2, -0.15) is 0 Å². The maximum Gasteiger partial charge on any atom is 0.341 e. The van der Waals surface area contributed by atoms with E-state index in [4.69, 9.17) is 4.98 Å². The van der Waals surface area contributed by atoms with Gasteiger partial charge < -0.3 is 29.8 Å². The van der Waals surface area contributed by atoms with Crippen LogP contribution >= 0.6 is 0 Å². The summed E-state index contributed by atoms with van der Waals surface area (Å²) in [5.41, 5.74) is 3.69. The molecular formula is C28H28FN7O3. The Balaban J connectivity index is 1.67. The molecule has 0 amide bonds. The van der Waals surface area contributed by atoms with E-state index in [0.29, 0.717) is 34.0 Å². The average molecular weight is 530 g/mol. The van der Waals surface area contributed by atoms with Gasteiger partial charge in [-0.15, -0.1) is 0 Å². The molecule has 1 aliphatic heterocycles. The monoisotopic (exact) mass is 529 g/mol. The number of aromatic carboxylic acids is 1. The fraction of sp³-hybridized carbons (Fsp3) is 0.286. The van der Waals surface area contributed by atoms with Crippen molar-refractivity contribution in [2.45, 2.75) is 12.5 Å². The third-order valence-corrected chi connectivity index (χ3v) is 7.70. The third kappa shape index (κ3) is 3.88. The molecule has 4 aromatic heterocycles. The first-order valence-electron chi connectivity index (χ1n) is 12.6. The SMILES string of the molecule is CNc1cc(F)cc2c1[nH]c1ncc(-c3cnc4c(c3)c(=O)c(C(=O)O)cn4C)c(N3CCC(N(C)C)C3)c12. The Labute approximate surface area is 222 Å². The molecule has 1 saturated heterocycles. The summed E-state index contributed by atoms with van der Waals surface area (Å²) in [7, 11) is 7.51. The lowest BCUT2D eigenvalue weighted by atomic mass is 10.0. The topological polar surface area (TPSA) is 119 Å². The largest absolute Gasteiger partial charge is 0.477 e. The zero-order valence-electron chi connectivity index (χ0n) is 22.0. The van der Waals surface area contributed by atoms with Crippen LogP contribution in [0.2, 0.25) is 0 Å². The highest BCUT2D eigenvalue weighted by molar-refractivity contribution is 6.18. The fourth-order valence-corrected chi connectivity index (χ4v) is 5.68. The van der Waals surface area contributed by atoms with Crippen molar-refractivity contribution in [1.82, 2.24) is 24.4 Å². The average Bonchev–Trinajstić information content (AvgIpc) is 3.55. The van der Waals surface area contributed by atoms with E-state index in [1.54, 1.807) is 32.6 Å². The van der Waals surface area contributed by atoms with Gasteiger partial charge in [-0.1, -0.05) is 0 Å². The fourth-order valence-electron chi connectivity index (χ4n) is 5.68. The van der Waals surface area contributed by atoms with E-state index in [9.17, 15) is 19.1 Å². The van der Waals surface area contributed by atoms with Crippen molar-refractivity contribution in [1.29, 1.82) is 0 Å². The summed E-state index contributed by atoms with van der Waals surface area (Å²) >= 11 is 0. The third-order valence-electron chi connectivity index (χ3n) is 7.70. The number of hydrogen-bond acceptors (Lipinski definition) is 7. The minimum atomic E-state index is -1.29. The zero-order chi connectivity index (χ0) is 27.6. The van der Waals surface area contributed by atoms with Crippen molar-refractivity contribution in [3.05, 3.63) is 58.4 Å². The van der Waals surface area contributed by atoms with Gasteiger partial charge >= 0.3 is 5.97 Å². The molecule has 10 nitrogen and oxygen atoms in total. The Hall–Kier alpha value is -4.51. The van der Waals surface area contributed by atoms with Crippen molar-refractivity contribution >= 4 is 50.3 Å². The molecular weight excluding hydrogens is 501 g/mol. The van der Waals surface area contributed by atoms with Crippen molar-refractivity contribution in [3.63, 3.8) is 0 Å². The van der Waals surface area contributed by atoms with Gasteiger partial charge in [0, 0.05) is 68.3 Å². The van der Waals surface area contributed by atoms with Crippen LogP contribution in [0, 0.1) is 5.82 Å². The molecule has 39 heavy (non-hydrogen) atoms. The van der Waals surface area contributed by atoms with Crippen LogP contribution in [-0.4, -0.2) is 75.8 Å². The van der Waals surface area contributed by atoms with Crippen LogP contribution in [0.5, 0.6) is 0 Å². The second kappa shape index (κ2) is 9.05. The number of halogens is 1. The van der Waals surface area contributed by atoms with Gasteiger partial charge in [0.25, 0.3) is 0 Å². The number of anilines is 2. The number of benzene rings is 1. The highest BCUT2D eigenvalue weighted by Gasteiger charge is 2.29. The zero-order valence-corrected chi connectivity index (χ0v) is 22.0. The first-order valence-corrected chi connectivity index (χ1v) is 12.6. The number of aromatic nitrogens is 4. The number of fused-ring (bicyclic) bond motifs is 4. The van der Waals surface area contributed by atoms with E-state index in [1.807, 2.05) is 0 Å². The number of likely N-dealkylation sites (N-methyl/N-ethyl adjacent to an activating group) is 1. The Kier molecular flexibility index (Phi) is 5.76. The second-order valence-electron chi connectivity index (χ2n) is 10.2. The number of pyridine rings is 3. The number of H-pyrrole nitrogens is 1. The number of carboxylic acid groups (broad SMARTS) is 1. The van der Waals surface area contributed by atoms with Gasteiger partial charge in [-0.25, -0.2) is 19.2 Å².